The highest BCUT2D eigenvalue weighted by molar-refractivity contribution is 5.79. The summed E-state index contributed by atoms with van der Waals surface area (Å²) < 4.78 is 5.17. The van der Waals surface area contributed by atoms with Gasteiger partial charge in [-0.25, -0.2) is 0 Å². The SMILES string of the molecule is OC[C@H]1O[C@](O)(c2ccc(C=NO)cc2)[C@H](O)[C@H](O)[C@@H]1O. The van der Waals surface area contributed by atoms with E-state index < -0.39 is 36.8 Å². The van der Waals surface area contributed by atoms with Gasteiger partial charge in [-0.3, -0.25) is 0 Å². The van der Waals surface area contributed by atoms with E-state index in [4.69, 9.17) is 15.1 Å². The quantitative estimate of drug-likeness (QED) is 0.218. The van der Waals surface area contributed by atoms with E-state index >= 15 is 0 Å². The zero-order valence-electron chi connectivity index (χ0n) is 10.9. The van der Waals surface area contributed by atoms with Crippen molar-refractivity contribution < 1.29 is 35.5 Å². The average Bonchev–Trinajstić information content (AvgIpc) is 2.50. The number of nitrogens with zero attached hydrogens (tertiary/aromatic N) is 1. The minimum Gasteiger partial charge on any atom is -0.411 e. The molecule has 1 heterocycles. The second-order valence-corrected chi connectivity index (χ2v) is 4.83. The van der Waals surface area contributed by atoms with Crippen LogP contribution in [0, 0.1) is 0 Å². The van der Waals surface area contributed by atoms with Crippen LogP contribution in [-0.4, -0.2) is 68.0 Å². The zero-order valence-corrected chi connectivity index (χ0v) is 10.9. The third-order valence-corrected chi connectivity index (χ3v) is 3.50. The molecule has 0 amide bonds. The van der Waals surface area contributed by atoms with E-state index in [0.717, 1.165) is 0 Å². The Morgan fingerprint density at radius 3 is 2.29 bits per heavy atom. The zero-order chi connectivity index (χ0) is 15.6. The summed E-state index contributed by atoms with van der Waals surface area (Å²) in [4.78, 5) is 0. The van der Waals surface area contributed by atoms with Gasteiger partial charge in [-0.05, 0) is 5.56 Å². The molecule has 1 aromatic rings. The first-order valence-electron chi connectivity index (χ1n) is 6.27. The molecule has 8 heteroatoms. The van der Waals surface area contributed by atoms with Gasteiger partial charge in [0, 0.05) is 5.56 Å². The number of oxime groups is 1. The van der Waals surface area contributed by atoms with Crippen LogP contribution in [0.15, 0.2) is 29.4 Å². The average molecular weight is 299 g/mol. The summed E-state index contributed by atoms with van der Waals surface area (Å²) in [5.74, 6) is -2.28. The van der Waals surface area contributed by atoms with Crippen LogP contribution in [0.3, 0.4) is 0 Å². The smallest absolute Gasteiger partial charge is 0.222 e. The highest BCUT2D eigenvalue weighted by Gasteiger charge is 2.53. The second-order valence-electron chi connectivity index (χ2n) is 4.83. The molecule has 0 unspecified atom stereocenters. The van der Waals surface area contributed by atoms with E-state index in [2.05, 4.69) is 5.16 Å². The van der Waals surface area contributed by atoms with Crippen molar-refractivity contribution in [3.63, 3.8) is 0 Å². The molecule has 21 heavy (non-hydrogen) atoms. The van der Waals surface area contributed by atoms with Crippen LogP contribution in [0.2, 0.25) is 0 Å². The molecule has 0 saturated carbocycles. The number of aliphatic hydroxyl groups excluding tert-OH is 4. The highest BCUT2D eigenvalue weighted by atomic mass is 16.7. The molecule has 1 aliphatic rings. The molecule has 0 spiro atoms. The van der Waals surface area contributed by atoms with Crippen molar-refractivity contribution in [2.45, 2.75) is 30.2 Å². The van der Waals surface area contributed by atoms with E-state index in [1.54, 1.807) is 0 Å². The van der Waals surface area contributed by atoms with Crippen LogP contribution in [-0.2, 0) is 10.5 Å². The Bertz CT molecular complexity index is 504. The summed E-state index contributed by atoms with van der Waals surface area (Å²) in [6.07, 6.45) is -5.08. The van der Waals surface area contributed by atoms with Gasteiger partial charge in [-0.1, -0.05) is 29.4 Å². The summed E-state index contributed by atoms with van der Waals surface area (Å²) in [6.45, 7) is -0.636. The minimum absolute atomic E-state index is 0.120. The molecule has 116 valence electrons. The first-order valence-corrected chi connectivity index (χ1v) is 6.27. The Morgan fingerprint density at radius 2 is 1.76 bits per heavy atom. The van der Waals surface area contributed by atoms with E-state index in [1.165, 1.54) is 30.5 Å². The van der Waals surface area contributed by atoms with Gasteiger partial charge in [0.25, 0.3) is 0 Å². The fourth-order valence-electron chi connectivity index (χ4n) is 2.27. The first-order chi connectivity index (χ1) is 9.93. The number of hydrogen-bond donors (Lipinski definition) is 6. The summed E-state index contributed by atoms with van der Waals surface area (Å²) in [5.41, 5.74) is 0.656. The number of rotatable bonds is 3. The largest absolute Gasteiger partial charge is 0.411 e. The van der Waals surface area contributed by atoms with Crippen LogP contribution in [0.5, 0.6) is 0 Å². The number of ether oxygens (including phenoxy) is 1. The molecule has 0 aliphatic carbocycles. The highest BCUT2D eigenvalue weighted by Crippen LogP contribution is 2.36. The van der Waals surface area contributed by atoms with Gasteiger partial charge in [0.2, 0.25) is 5.79 Å². The van der Waals surface area contributed by atoms with Crippen molar-refractivity contribution in [1.82, 2.24) is 0 Å². The lowest BCUT2D eigenvalue weighted by atomic mass is 9.88. The third kappa shape index (κ3) is 2.77. The van der Waals surface area contributed by atoms with E-state index in [0.29, 0.717) is 5.56 Å². The van der Waals surface area contributed by atoms with Crippen molar-refractivity contribution in [1.29, 1.82) is 0 Å². The molecule has 0 aromatic heterocycles. The Labute approximate surface area is 120 Å². The van der Waals surface area contributed by atoms with Gasteiger partial charge in [0.1, 0.15) is 24.4 Å². The number of aliphatic hydroxyl groups is 5. The lowest BCUT2D eigenvalue weighted by molar-refractivity contribution is -0.357. The van der Waals surface area contributed by atoms with Crippen molar-refractivity contribution in [3.8, 4) is 0 Å². The van der Waals surface area contributed by atoms with Crippen LogP contribution < -0.4 is 0 Å². The third-order valence-electron chi connectivity index (χ3n) is 3.50. The fraction of sp³-hybridized carbons (Fsp3) is 0.462. The topological polar surface area (TPSA) is 143 Å². The molecule has 1 aliphatic heterocycles. The van der Waals surface area contributed by atoms with Gasteiger partial charge < -0.3 is 35.5 Å². The number of benzene rings is 1. The van der Waals surface area contributed by atoms with Crippen LogP contribution in [0.25, 0.3) is 0 Å². The van der Waals surface area contributed by atoms with Gasteiger partial charge in [-0.2, -0.15) is 0 Å². The van der Waals surface area contributed by atoms with Crippen LogP contribution in [0.1, 0.15) is 11.1 Å². The monoisotopic (exact) mass is 299 g/mol. The van der Waals surface area contributed by atoms with Gasteiger partial charge in [0.15, 0.2) is 0 Å². The van der Waals surface area contributed by atoms with E-state index in [1.807, 2.05) is 0 Å². The van der Waals surface area contributed by atoms with Gasteiger partial charge in [-0.15, -0.1) is 0 Å². The summed E-state index contributed by atoms with van der Waals surface area (Å²) in [6, 6.07) is 5.79. The molecule has 8 nitrogen and oxygen atoms in total. The maximum absolute atomic E-state index is 10.5. The van der Waals surface area contributed by atoms with Crippen molar-refractivity contribution in [3.05, 3.63) is 35.4 Å². The molecule has 1 fully saturated rings. The predicted molar refractivity (Wildman–Crippen MR) is 69.7 cm³/mol. The maximum atomic E-state index is 10.5. The summed E-state index contributed by atoms with van der Waals surface area (Å²) >= 11 is 0. The van der Waals surface area contributed by atoms with Crippen LogP contribution in [0.4, 0.5) is 0 Å². The molecule has 0 radical (unpaired) electrons. The molecule has 1 aromatic carbocycles. The predicted octanol–water partition coefficient (Wildman–Crippen LogP) is -1.89. The first kappa shape index (κ1) is 15.8. The maximum Gasteiger partial charge on any atom is 0.222 e. The molecular weight excluding hydrogens is 282 g/mol. The minimum atomic E-state index is -2.28. The van der Waals surface area contributed by atoms with Crippen molar-refractivity contribution in [2.75, 3.05) is 6.61 Å². The lowest BCUT2D eigenvalue weighted by Gasteiger charge is -2.45. The molecule has 1 saturated heterocycles. The van der Waals surface area contributed by atoms with Crippen molar-refractivity contribution in [2.24, 2.45) is 5.16 Å². The van der Waals surface area contributed by atoms with E-state index in [9.17, 15) is 20.4 Å². The number of hydrogen-bond acceptors (Lipinski definition) is 8. The fourth-order valence-corrected chi connectivity index (χ4v) is 2.27. The Balaban J connectivity index is 2.34. The molecule has 0 bridgehead atoms. The van der Waals surface area contributed by atoms with E-state index in [-0.39, 0.29) is 5.56 Å². The molecule has 6 N–H and O–H groups in total. The Hall–Kier alpha value is -1.55. The van der Waals surface area contributed by atoms with Gasteiger partial charge >= 0.3 is 0 Å². The van der Waals surface area contributed by atoms with Gasteiger partial charge in [0.05, 0.1) is 12.8 Å². The molecule has 2 rings (SSSR count). The standard InChI is InChI=1S/C13H17NO7/c15-6-9-10(16)11(17)12(18)13(19,21-9)8-3-1-7(2-4-8)5-14-20/h1-5,9-12,15-20H,6H2/t9-,10-,11-,12-,13-/m1/s1. The molecular formula is C13H17NO7. The van der Waals surface area contributed by atoms with Crippen molar-refractivity contribution >= 4 is 6.21 Å². The summed E-state index contributed by atoms with van der Waals surface area (Å²) in [5, 5.41) is 60.3. The second kappa shape index (κ2) is 6.06. The Morgan fingerprint density at radius 1 is 1.14 bits per heavy atom. The lowest BCUT2D eigenvalue weighted by Crippen LogP contribution is -2.63. The normalized spacial score (nSPS) is 37.0. The summed E-state index contributed by atoms with van der Waals surface area (Å²) in [7, 11) is 0. The van der Waals surface area contributed by atoms with Crippen LogP contribution >= 0.6 is 0 Å². The Kier molecular flexibility index (Phi) is 4.57. The molecule has 5 atom stereocenters.